The number of hydrogen-bond donors (Lipinski definition) is 1. The lowest BCUT2D eigenvalue weighted by atomic mass is 10.1. The Kier molecular flexibility index (Phi) is 5.53. The number of ether oxygens (including phenoxy) is 1. The van der Waals surface area contributed by atoms with Crippen LogP contribution in [0, 0.1) is 17.0 Å². The molecule has 7 nitrogen and oxygen atoms in total. The SMILES string of the molecule is COc1ccc(CCNS(=O)(=O)c2cccc([N+](=O)[O-])c2C)cc1. The van der Waals surface area contributed by atoms with Crippen LogP contribution >= 0.6 is 0 Å². The van der Waals surface area contributed by atoms with Crippen molar-refractivity contribution in [1.82, 2.24) is 4.72 Å². The number of nitro benzene ring substituents is 1. The highest BCUT2D eigenvalue weighted by Crippen LogP contribution is 2.24. The quantitative estimate of drug-likeness (QED) is 0.611. The summed E-state index contributed by atoms with van der Waals surface area (Å²) in [5.41, 5.74) is 0.863. The molecule has 0 heterocycles. The average molecular weight is 350 g/mol. The van der Waals surface area contributed by atoms with Crippen LogP contribution in [0.1, 0.15) is 11.1 Å². The molecule has 0 atom stereocenters. The smallest absolute Gasteiger partial charge is 0.273 e. The van der Waals surface area contributed by atoms with Crippen LogP contribution in [0.4, 0.5) is 5.69 Å². The lowest BCUT2D eigenvalue weighted by Gasteiger charge is -2.09. The Hall–Kier alpha value is -2.45. The minimum Gasteiger partial charge on any atom is -0.497 e. The predicted octanol–water partition coefficient (Wildman–Crippen LogP) is 2.43. The van der Waals surface area contributed by atoms with Crippen LogP contribution in [0.5, 0.6) is 5.75 Å². The van der Waals surface area contributed by atoms with Crippen molar-refractivity contribution in [3.8, 4) is 5.75 Å². The highest BCUT2D eigenvalue weighted by Gasteiger charge is 2.22. The Morgan fingerprint density at radius 2 is 1.83 bits per heavy atom. The molecule has 1 N–H and O–H groups in total. The van der Waals surface area contributed by atoms with Crippen molar-refractivity contribution in [2.45, 2.75) is 18.2 Å². The summed E-state index contributed by atoms with van der Waals surface area (Å²) in [5.74, 6) is 0.728. The van der Waals surface area contributed by atoms with Crippen molar-refractivity contribution in [2.24, 2.45) is 0 Å². The minimum atomic E-state index is -3.81. The number of sulfonamides is 1. The molecule has 0 unspecified atom stereocenters. The molecule has 0 aliphatic carbocycles. The van der Waals surface area contributed by atoms with Gasteiger partial charge in [0, 0.05) is 18.2 Å². The molecule has 2 aromatic rings. The van der Waals surface area contributed by atoms with Crippen LogP contribution in [0.3, 0.4) is 0 Å². The van der Waals surface area contributed by atoms with E-state index in [2.05, 4.69) is 4.72 Å². The number of methoxy groups -OCH3 is 1. The highest BCUT2D eigenvalue weighted by molar-refractivity contribution is 7.89. The van der Waals surface area contributed by atoms with Crippen molar-refractivity contribution < 1.29 is 18.1 Å². The highest BCUT2D eigenvalue weighted by atomic mass is 32.2. The minimum absolute atomic E-state index is 0.0774. The standard InChI is InChI=1S/C16H18N2O5S/c1-12-15(18(19)20)4-3-5-16(12)24(21,22)17-11-10-13-6-8-14(23-2)9-7-13/h3-9,17H,10-11H2,1-2H3. The van der Waals surface area contributed by atoms with E-state index in [1.807, 2.05) is 12.1 Å². The maximum Gasteiger partial charge on any atom is 0.273 e. The van der Waals surface area contributed by atoms with Gasteiger partial charge >= 0.3 is 0 Å². The fraction of sp³-hybridized carbons (Fsp3) is 0.250. The van der Waals surface area contributed by atoms with Crippen molar-refractivity contribution in [1.29, 1.82) is 0 Å². The Balaban J connectivity index is 2.08. The number of nitrogens with one attached hydrogen (secondary N) is 1. The van der Waals surface area contributed by atoms with E-state index in [1.54, 1.807) is 19.2 Å². The van der Waals surface area contributed by atoms with Gasteiger partial charge in [-0.25, -0.2) is 13.1 Å². The van der Waals surface area contributed by atoms with Crippen molar-refractivity contribution >= 4 is 15.7 Å². The second-order valence-corrected chi connectivity index (χ2v) is 6.89. The third-order valence-corrected chi connectivity index (χ3v) is 5.21. The van der Waals surface area contributed by atoms with Gasteiger partial charge in [0.2, 0.25) is 10.0 Å². The summed E-state index contributed by atoms with van der Waals surface area (Å²) in [6.45, 7) is 1.62. The Morgan fingerprint density at radius 1 is 1.17 bits per heavy atom. The molecule has 0 aliphatic rings. The summed E-state index contributed by atoms with van der Waals surface area (Å²) in [5, 5.41) is 10.9. The maximum atomic E-state index is 12.4. The van der Waals surface area contributed by atoms with E-state index in [9.17, 15) is 18.5 Å². The second-order valence-electron chi connectivity index (χ2n) is 5.15. The van der Waals surface area contributed by atoms with E-state index in [-0.39, 0.29) is 22.7 Å². The van der Waals surface area contributed by atoms with E-state index in [0.29, 0.717) is 6.42 Å². The van der Waals surface area contributed by atoms with Crippen LogP contribution in [-0.2, 0) is 16.4 Å². The molecule has 0 fully saturated rings. The maximum absolute atomic E-state index is 12.4. The molecule has 0 radical (unpaired) electrons. The Morgan fingerprint density at radius 3 is 2.42 bits per heavy atom. The first kappa shape index (κ1) is 17.9. The number of nitro groups is 1. The summed E-state index contributed by atoms with van der Waals surface area (Å²) in [6.07, 6.45) is 0.497. The van der Waals surface area contributed by atoms with Gasteiger partial charge in [-0.15, -0.1) is 0 Å². The van der Waals surface area contributed by atoms with Crippen LogP contribution in [0.25, 0.3) is 0 Å². The van der Waals surface area contributed by atoms with Gasteiger partial charge in [0.05, 0.1) is 16.9 Å². The lowest BCUT2D eigenvalue weighted by Crippen LogP contribution is -2.26. The lowest BCUT2D eigenvalue weighted by molar-refractivity contribution is -0.385. The number of benzene rings is 2. The third-order valence-electron chi connectivity index (χ3n) is 3.61. The molecular weight excluding hydrogens is 332 g/mol. The zero-order valence-electron chi connectivity index (χ0n) is 13.4. The molecule has 0 aromatic heterocycles. The zero-order valence-corrected chi connectivity index (χ0v) is 14.2. The van der Waals surface area contributed by atoms with Gasteiger partial charge in [0.15, 0.2) is 0 Å². The number of hydrogen-bond acceptors (Lipinski definition) is 5. The van der Waals surface area contributed by atoms with Crippen LogP contribution in [0.15, 0.2) is 47.4 Å². The molecule has 2 rings (SSSR count). The van der Waals surface area contributed by atoms with Gasteiger partial charge in [-0.05, 0) is 37.1 Å². The first-order valence-corrected chi connectivity index (χ1v) is 8.70. The Labute approximate surface area is 140 Å². The van der Waals surface area contributed by atoms with E-state index >= 15 is 0 Å². The summed E-state index contributed by atoms with van der Waals surface area (Å²) < 4.78 is 32.3. The second kappa shape index (κ2) is 7.41. The fourth-order valence-corrected chi connectivity index (χ4v) is 3.58. The van der Waals surface area contributed by atoms with Gasteiger partial charge in [0.1, 0.15) is 5.75 Å². The largest absolute Gasteiger partial charge is 0.497 e. The zero-order chi connectivity index (χ0) is 17.7. The van der Waals surface area contributed by atoms with Crippen molar-refractivity contribution in [2.75, 3.05) is 13.7 Å². The molecule has 24 heavy (non-hydrogen) atoms. The molecule has 128 valence electrons. The van der Waals surface area contributed by atoms with Crippen molar-refractivity contribution in [3.05, 3.63) is 63.7 Å². The average Bonchev–Trinajstić information content (AvgIpc) is 2.55. The first-order valence-electron chi connectivity index (χ1n) is 7.22. The summed E-state index contributed by atoms with van der Waals surface area (Å²) >= 11 is 0. The van der Waals surface area contributed by atoms with Gasteiger partial charge in [-0.1, -0.05) is 18.2 Å². The molecule has 0 aliphatic heterocycles. The van der Waals surface area contributed by atoms with Crippen LogP contribution in [0.2, 0.25) is 0 Å². The molecule has 2 aromatic carbocycles. The van der Waals surface area contributed by atoms with E-state index < -0.39 is 14.9 Å². The number of nitrogens with zero attached hydrogens (tertiary/aromatic N) is 1. The monoisotopic (exact) mass is 350 g/mol. The molecule has 0 bridgehead atoms. The molecule has 0 saturated carbocycles. The normalized spacial score (nSPS) is 11.2. The fourth-order valence-electron chi connectivity index (χ4n) is 2.29. The van der Waals surface area contributed by atoms with Crippen LogP contribution < -0.4 is 9.46 Å². The predicted molar refractivity (Wildman–Crippen MR) is 89.7 cm³/mol. The van der Waals surface area contributed by atoms with E-state index in [4.69, 9.17) is 4.74 Å². The van der Waals surface area contributed by atoms with Gasteiger partial charge in [0.25, 0.3) is 5.69 Å². The van der Waals surface area contributed by atoms with Crippen molar-refractivity contribution in [3.63, 3.8) is 0 Å². The number of rotatable bonds is 7. The Bertz CT molecular complexity index is 832. The van der Waals surface area contributed by atoms with Gasteiger partial charge < -0.3 is 4.74 Å². The van der Waals surface area contributed by atoms with Gasteiger partial charge in [-0.2, -0.15) is 0 Å². The van der Waals surface area contributed by atoms with E-state index in [1.165, 1.54) is 25.1 Å². The summed E-state index contributed by atoms with van der Waals surface area (Å²) in [6, 6.07) is 11.3. The summed E-state index contributed by atoms with van der Waals surface area (Å²) in [7, 11) is -2.24. The molecular formula is C16H18N2O5S. The molecule has 0 spiro atoms. The topological polar surface area (TPSA) is 98.5 Å². The summed E-state index contributed by atoms with van der Waals surface area (Å²) in [4.78, 5) is 10.3. The van der Waals surface area contributed by atoms with Crippen LogP contribution in [-0.4, -0.2) is 27.0 Å². The molecule has 0 amide bonds. The first-order chi connectivity index (χ1) is 11.3. The molecule has 0 saturated heterocycles. The molecule has 8 heteroatoms. The third kappa shape index (κ3) is 4.09. The van der Waals surface area contributed by atoms with E-state index in [0.717, 1.165) is 11.3 Å². The van der Waals surface area contributed by atoms with Gasteiger partial charge in [-0.3, -0.25) is 10.1 Å².